The summed E-state index contributed by atoms with van der Waals surface area (Å²) in [6.07, 6.45) is 6.18. The lowest BCUT2D eigenvalue weighted by Crippen LogP contribution is -2.41. The van der Waals surface area contributed by atoms with Gasteiger partial charge in [0, 0.05) is 19.1 Å². The zero-order valence-electron chi connectivity index (χ0n) is 14.3. The molecule has 0 radical (unpaired) electrons. The summed E-state index contributed by atoms with van der Waals surface area (Å²) in [7, 11) is 1.60. The molecule has 2 N–H and O–H groups in total. The predicted molar refractivity (Wildman–Crippen MR) is 94.1 cm³/mol. The molecule has 0 aromatic heterocycles. The van der Waals surface area contributed by atoms with E-state index in [0.717, 1.165) is 19.0 Å². The van der Waals surface area contributed by atoms with E-state index in [2.05, 4.69) is 22.5 Å². The molecule has 0 bridgehead atoms. The van der Waals surface area contributed by atoms with E-state index in [-0.39, 0.29) is 6.03 Å². The average Bonchev–Trinajstić information content (AvgIpc) is 2.59. The summed E-state index contributed by atoms with van der Waals surface area (Å²) < 4.78 is 5.23. The van der Waals surface area contributed by atoms with E-state index < -0.39 is 0 Å². The number of methoxy groups -OCH3 is 1. The molecule has 0 unspecified atom stereocenters. The van der Waals surface area contributed by atoms with Crippen molar-refractivity contribution in [2.24, 2.45) is 0 Å². The predicted octanol–water partition coefficient (Wildman–Crippen LogP) is 3.47. The minimum Gasteiger partial charge on any atom is -0.495 e. The van der Waals surface area contributed by atoms with Gasteiger partial charge >= 0.3 is 6.03 Å². The first-order valence-corrected chi connectivity index (χ1v) is 8.66. The maximum Gasteiger partial charge on any atom is 0.319 e. The number of amides is 2. The van der Waals surface area contributed by atoms with E-state index in [4.69, 9.17) is 4.74 Å². The van der Waals surface area contributed by atoms with E-state index in [1.54, 1.807) is 7.11 Å². The Kier molecular flexibility index (Phi) is 7.20. The molecule has 1 aliphatic heterocycles. The van der Waals surface area contributed by atoms with Crippen molar-refractivity contribution < 1.29 is 9.53 Å². The summed E-state index contributed by atoms with van der Waals surface area (Å²) in [6, 6.07) is 7.96. The Morgan fingerprint density at radius 3 is 2.96 bits per heavy atom. The highest BCUT2D eigenvalue weighted by atomic mass is 16.5. The van der Waals surface area contributed by atoms with Crippen LogP contribution in [0.2, 0.25) is 0 Å². The molecule has 1 aromatic rings. The van der Waals surface area contributed by atoms with E-state index in [1.807, 2.05) is 24.3 Å². The van der Waals surface area contributed by atoms with Crippen molar-refractivity contribution in [1.82, 2.24) is 10.2 Å². The average molecular weight is 319 g/mol. The van der Waals surface area contributed by atoms with E-state index in [1.165, 1.54) is 32.2 Å². The van der Waals surface area contributed by atoms with Crippen molar-refractivity contribution in [2.45, 2.75) is 45.1 Å². The van der Waals surface area contributed by atoms with Crippen LogP contribution in [0.25, 0.3) is 0 Å². The normalized spacial score (nSPS) is 18.4. The van der Waals surface area contributed by atoms with Gasteiger partial charge in [-0.25, -0.2) is 4.79 Å². The fourth-order valence-electron chi connectivity index (χ4n) is 3.22. The van der Waals surface area contributed by atoms with Crippen molar-refractivity contribution in [2.75, 3.05) is 32.1 Å². The maximum atomic E-state index is 12.0. The lowest BCUT2D eigenvalue weighted by Gasteiger charge is -2.35. The third kappa shape index (κ3) is 5.43. The van der Waals surface area contributed by atoms with Crippen LogP contribution in [0.15, 0.2) is 24.3 Å². The van der Waals surface area contributed by atoms with Crippen LogP contribution in [0, 0.1) is 0 Å². The molecule has 2 rings (SSSR count). The quantitative estimate of drug-likeness (QED) is 0.757. The number of likely N-dealkylation sites (tertiary alicyclic amines) is 1. The van der Waals surface area contributed by atoms with Gasteiger partial charge < -0.3 is 20.3 Å². The summed E-state index contributed by atoms with van der Waals surface area (Å²) in [5, 5.41) is 5.75. The molecule has 2 amide bonds. The number of hydrogen-bond donors (Lipinski definition) is 2. The van der Waals surface area contributed by atoms with Crippen LogP contribution >= 0.6 is 0 Å². The molecule has 5 heteroatoms. The van der Waals surface area contributed by atoms with Crippen LogP contribution in [0.4, 0.5) is 10.5 Å². The first kappa shape index (κ1) is 17.6. The fourth-order valence-corrected chi connectivity index (χ4v) is 3.22. The second-order valence-electron chi connectivity index (χ2n) is 6.03. The highest BCUT2D eigenvalue weighted by molar-refractivity contribution is 5.90. The molecule has 1 saturated heterocycles. The van der Waals surface area contributed by atoms with Gasteiger partial charge in [0.25, 0.3) is 0 Å². The Morgan fingerprint density at radius 1 is 1.35 bits per heavy atom. The molecular formula is C18H29N3O2. The highest BCUT2D eigenvalue weighted by Gasteiger charge is 2.19. The summed E-state index contributed by atoms with van der Waals surface area (Å²) in [5.41, 5.74) is 0.689. The molecule has 128 valence electrons. The Balaban J connectivity index is 1.68. The largest absolute Gasteiger partial charge is 0.495 e. The van der Waals surface area contributed by atoms with Gasteiger partial charge in [0.05, 0.1) is 12.8 Å². The zero-order chi connectivity index (χ0) is 16.5. The minimum absolute atomic E-state index is 0.180. The van der Waals surface area contributed by atoms with E-state index in [9.17, 15) is 4.79 Å². The number of hydrogen-bond acceptors (Lipinski definition) is 3. The first-order chi connectivity index (χ1) is 11.2. The molecule has 0 saturated carbocycles. The monoisotopic (exact) mass is 319 g/mol. The minimum atomic E-state index is -0.180. The van der Waals surface area contributed by atoms with Gasteiger partial charge in [0.1, 0.15) is 5.75 Å². The standard InChI is InChI=1S/C18H29N3O2/c1-3-15-9-6-7-13-21(15)14-8-12-19-18(22)20-16-10-4-5-11-17(16)23-2/h4-5,10-11,15H,3,6-9,12-14H2,1-2H3,(H2,19,20,22)/t15-/m1/s1. The number of ether oxygens (including phenoxy) is 1. The summed E-state index contributed by atoms with van der Waals surface area (Å²) >= 11 is 0. The van der Waals surface area contributed by atoms with Gasteiger partial charge in [-0.3, -0.25) is 0 Å². The molecular weight excluding hydrogens is 290 g/mol. The number of nitrogens with one attached hydrogen (secondary N) is 2. The van der Waals surface area contributed by atoms with Gasteiger partial charge in [-0.15, -0.1) is 0 Å². The van der Waals surface area contributed by atoms with Gasteiger partial charge in [0.2, 0.25) is 0 Å². The second-order valence-corrected chi connectivity index (χ2v) is 6.03. The first-order valence-electron chi connectivity index (χ1n) is 8.66. The zero-order valence-corrected chi connectivity index (χ0v) is 14.3. The molecule has 0 spiro atoms. The Hall–Kier alpha value is -1.75. The van der Waals surface area contributed by atoms with Crippen molar-refractivity contribution in [3.63, 3.8) is 0 Å². The molecule has 1 aliphatic rings. The van der Waals surface area contributed by atoms with Crippen LogP contribution in [-0.4, -0.2) is 43.7 Å². The van der Waals surface area contributed by atoms with Crippen molar-refractivity contribution in [3.8, 4) is 5.75 Å². The number of carbonyl (C=O) groups is 1. The molecule has 23 heavy (non-hydrogen) atoms. The van der Waals surface area contributed by atoms with E-state index >= 15 is 0 Å². The molecule has 1 atom stereocenters. The van der Waals surface area contributed by atoms with Crippen molar-refractivity contribution in [1.29, 1.82) is 0 Å². The third-order valence-electron chi connectivity index (χ3n) is 4.48. The highest BCUT2D eigenvalue weighted by Crippen LogP contribution is 2.22. The number of benzene rings is 1. The number of nitrogens with zero attached hydrogens (tertiary/aromatic N) is 1. The molecule has 5 nitrogen and oxygen atoms in total. The van der Waals surface area contributed by atoms with Crippen LogP contribution in [0.3, 0.4) is 0 Å². The SMILES string of the molecule is CC[C@@H]1CCCCN1CCCNC(=O)Nc1ccccc1OC. The topological polar surface area (TPSA) is 53.6 Å². The Labute approximate surface area is 139 Å². The van der Waals surface area contributed by atoms with Crippen molar-refractivity contribution >= 4 is 11.7 Å². The summed E-state index contributed by atoms with van der Waals surface area (Å²) in [5.74, 6) is 0.668. The fraction of sp³-hybridized carbons (Fsp3) is 0.611. The number of carbonyl (C=O) groups excluding carboxylic acids is 1. The second kappa shape index (κ2) is 9.40. The summed E-state index contributed by atoms with van der Waals surface area (Å²) in [6.45, 7) is 5.22. The molecule has 0 aliphatic carbocycles. The number of para-hydroxylation sites is 2. The van der Waals surface area contributed by atoms with Gasteiger partial charge in [-0.1, -0.05) is 25.5 Å². The number of piperidine rings is 1. The van der Waals surface area contributed by atoms with E-state index in [0.29, 0.717) is 18.0 Å². The van der Waals surface area contributed by atoms with Gasteiger partial charge in [-0.2, -0.15) is 0 Å². The van der Waals surface area contributed by atoms with Gasteiger partial charge in [-0.05, 0) is 44.4 Å². The number of rotatable bonds is 7. The lowest BCUT2D eigenvalue weighted by atomic mass is 10.00. The van der Waals surface area contributed by atoms with Crippen LogP contribution in [-0.2, 0) is 0 Å². The van der Waals surface area contributed by atoms with Crippen LogP contribution < -0.4 is 15.4 Å². The Bertz CT molecular complexity index is 493. The van der Waals surface area contributed by atoms with Crippen LogP contribution in [0.1, 0.15) is 39.0 Å². The number of anilines is 1. The molecule has 1 fully saturated rings. The van der Waals surface area contributed by atoms with Gasteiger partial charge in [0.15, 0.2) is 0 Å². The Morgan fingerprint density at radius 2 is 2.17 bits per heavy atom. The molecule has 1 aromatic carbocycles. The van der Waals surface area contributed by atoms with Crippen molar-refractivity contribution in [3.05, 3.63) is 24.3 Å². The lowest BCUT2D eigenvalue weighted by molar-refractivity contribution is 0.142. The molecule has 1 heterocycles. The summed E-state index contributed by atoms with van der Waals surface area (Å²) in [4.78, 5) is 14.5. The van der Waals surface area contributed by atoms with Crippen LogP contribution in [0.5, 0.6) is 5.75 Å². The smallest absolute Gasteiger partial charge is 0.319 e. The number of urea groups is 1. The maximum absolute atomic E-state index is 12.0. The third-order valence-corrected chi connectivity index (χ3v) is 4.48.